The van der Waals surface area contributed by atoms with Crippen LogP contribution >= 0.6 is 0 Å². The van der Waals surface area contributed by atoms with Gasteiger partial charge in [0.15, 0.2) is 0 Å². The molecule has 5 rings (SSSR count). The first-order valence-electron chi connectivity index (χ1n) is 16.2. The summed E-state index contributed by atoms with van der Waals surface area (Å²) in [4.78, 5) is 10.1. The van der Waals surface area contributed by atoms with E-state index in [0.717, 1.165) is 38.3 Å². The van der Waals surface area contributed by atoms with Crippen molar-refractivity contribution in [2.24, 2.45) is 39.7 Å². The molecule has 39 heavy (non-hydrogen) atoms. The monoisotopic (exact) mass is 543 g/mol. The molecule has 6 heteroatoms. The zero-order valence-electron chi connectivity index (χ0n) is 25.6. The summed E-state index contributed by atoms with van der Waals surface area (Å²) < 4.78 is 6.56. The third kappa shape index (κ3) is 5.74. The van der Waals surface area contributed by atoms with Crippen LogP contribution in [0.3, 0.4) is 0 Å². The number of likely N-dealkylation sites (N-methyl/N-ethyl adjacent to an activating group) is 1. The van der Waals surface area contributed by atoms with Crippen molar-refractivity contribution in [2.45, 2.75) is 109 Å². The maximum absolute atomic E-state index is 12.4. The second-order valence-corrected chi connectivity index (χ2v) is 14.6. The zero-order valence-corrected chi connectivity index (χ0v) is 25.6. The summed E-state index contributed by atoms with van der Waals surface area (Å²) in [5.41, 5.74) is -0.235. The molecule has 1 saturated heterocycles. The molecule has 0 aromatic heterocycles. The van der Waals surface area contributed by atoms with Gasteiger partial charge in [-0.15, -0.1) is 0 Å². The third-order valence-electron chi connectivity index (χ3n) is 12.4. The lowest BCUT2D eigenvalue weighted by molar-refractivity contribution is -0.209. The fraction of sp³-hybridized carbons (Fsp3) is 0.909. The predicted molar refractivity (Wildman–Crippen MR) is 159 cm³/mol. The van der Waals surface area contributed by atoms with Crippen molar-refractivity contribution < 1.29 is 14.7 Å². The van der Waals surface area contributed by atoms with Crippen LogP contribution in [0.15, 0.2) is 17.3 Å². The van der Waals surface area contributed by atoms with Crippen LogP contribution in [-0.4, -0.2) is 85.8 Å². The number of allylic oxidation sites excluding steroid dienone is 2. The molecule has 1 N–H and O–H groups in total. The summed E-state index contributed by atoms with van der Waals surface area (Å²) in [6.45, 7) is 12.2. The maximum atomic E-state index is 12.4. The average molecular weight is 544 g/mol. The Hall–Kier alpha value is -0.950. The highest BCUT2D eigenvalue weighted by Gasteiger charge is 2.66. The van der Waals surface area contributed by atoms with Gasteiger partial charge in [0.25, 0.3) is 0 Å². The first-order chi connectivity index (χ1) is 18.7. The van der Waals surface area contributed by atoms with Crippen LogP contribution in [0.25, 0.3) is 0 Å². The Labute approximate surface area is 238 Å². The Kier molecular flexibility index (Phi) is 9.17. The number of likely N-dealkylation sites (tertiary alicyclic amines) is 1. The number of ether oxygens (including phenoxy) is 1. The van der Waals surface area contributed by atoms with E-state index in [2.05, 4.69) is 41.8 Å². The third-order valence-corrected chi connectivity index (χ3v) is 12.4. The van der Waals surface area contributed by atoms with Gasteiger partial charge in [0.1, 0.15) is 6.61 Å². The van der Waals surface area contributed by atoms with Crippen molar-refractivity contribution in [3.63, 3.8) is 0 Å². The van der Waals surface area contributed by atoms with Gasteiger partial charge < -0.3 is 19.6 Å². The predicted octanol–water partition coefficient (Wildman–Crippen LogP) is 5.75. The Morgan fingerprint density at radius 1 is 1.03 bits per heavy atom. The number of rotatable bonds is 10. The largest absolute Gasteiger partial charge is 0.394 e. The quantitative estimate of drug-likeness (QED) is 0.216. The first kappa shape index (κ1) is 29.5. The van der Waals surface area contributed by atoms with Gasteiger partial charge >= 0.3 is 0 Å². The fourth-order valence-corrected chi connectivity index (χ4v) is 9.79. The molecule has 1 unspecified atom stereocenters. The molecule has 0 amide bonds. The summed E-state index contributed by atoms with van der Waals surface area (Å²) >= 11 is 0. The molecule has 5 fully saturated rings. The molecule has 5 aliphatic rings. The van der Waals surface area contributed by atoms with Gasteiger partial charge in [0.05, 0.1) is 24.5 Å². The van der Waals surface area contributed by atoms with Crippen molar-refractivity contribution in [2.75, 3.05) is 46.9 Å². The van der Waals surface area contributed by atoms with Crippen molar-refractivity contribution in [3.8, 4) is 0 Å². The van der Waals surface area contributed by atoms with Crippen molar-refractivity contribution >= 4 is 6.21 Å². The molecule has 4 saturated carbocycles. The number of fused-ring (bicyclic) bond motifs is 5. The van der Waals surface area contributed by atoms with Gasteiger partial charge in [0, 0.05) is 18.0 Å². The second kappa shape index (κ2) is 12.1. The lowest BCUT2D eigenvalue weighted by atomic mass is 9.43. The Morgan fingerprint density at radius 3 is 2.59 bits per heavy atom. The van der Waals surface area contributed by atoms with E-state index in [1.165, 1.54) is 64.5 Å². The van der Waals surface area contributed by atoms with E-state index in [1.54, 1.807) is 6.21 Å². The number of hydrogen-bond acceptors (Lipinski definition) is 6. The van der Waals surface area contributed by atoms with Crippen molar-refractivity contribution in [3.05, 3.63) is 12.2 Å². The van der Waals surface area contributed by atoms with Crippen molar-refractivity contribution in [1.29, 1.82) is 0 Å². The molecule has 1 aliphatic heterocycles. The Bertz CT molecular complexity index is 872. The van der Waals surface area contributed by atoms with Crippen LogP contribution in [0.1, 0.15) is 91.4 Å². The fourth-order valence-electron chi connectivity index (χ4n) is 9.79. The average Bonchev–Trinajstić information content (AvgIpc) is 3.54. The normalized spacial score (nSPS) is 43.6. The van der Waals surface area contributed by atoms with Gasteiger partial charge in [-0.3, -0.25) is 4.90 Å². The molecule has 222 valence electrons. The van der Waals surface area contributed by atoms with Gasteiger partial charge in [-0.05, 0) is 140 Å². The van der Waals surface area contributed by atoms with E-state index < -0.39 is 5.60 Å². The molecular weight excluding hydrogens is 486 g/mol. The van der Waals surface area contributed by atoms with Gasteiger partial charge in [0.2, 0.25) is 0 Å². The van der Waals surface area contributed by atoms with Crippen LogP contribution in [0.2, 0.25) is 0 Å². The number of aliphatic hydroxyl groups is 1. The van der Waals surface area contributed by atoms with E-state index in [9.17, 15) is 5.11 Å². The minimum atomic E-state index is -0.545. The molecule has 0 aromatic rings. The van der Waals surface area contributed by atoms with E-state index in [-0.39, 0.29) is 5.41 Å². The van der Waals surface area contributed by atoms with Crippen LogP contribution in [0.4, 0.5) is 0 Å². The summed E-state index contributed by atoms with van der Waals surface area (Å²) in [6, 6.07) is 0.549. The second-order valence-electron chi connectivity index (χ2n) is 14.6. The summed E-state index contributed by atoms with van der Waals surface area (Å²) in [5, 5.41) is 16.5. The Morgan fingerprint density at radius 2 is 1.82 bits per heavy atom. The minimum Gasteiger partial charge on any atom is -0.394 e. The molecule has 0 radical (unpaired) electrons. The van der Waals surface area contributed by atoms with E-state index in [4.69, 9.17) is 9.57 Å². The standard InChI is InChI=1S/C33H57N3O3/c1-25(36-19-6-7-20-36)24-38-28-13-15-31(2)27(23-28)10-11-30-29(31)14-16-32(3)26(12-17-33(30,32)37)9-8-18-34-39-22-21-35(4)5/h8-9,18,25-30,37H,6-7,10-17,19-24H2,1-5H3/b9-8+,34-18+/t25?,26-,27+,28-,29-,30+,31-,32+,33-/m0/s1. The zero-order chi connectivity index (χ0) is 27.7. The first-order valence-corrected chi connectivity index (χ1v) is 16.2. The molecule has 0 aromatic carbocycles. The van der Waals surface area contributed by atoms with Crippen molar-refractivity contribution in [1.82, 2.24) is 9.80 Å². The van der Waals surface area contributed by atoms with Gasteiger partial charge in [-0.1, -0.05) is 25.1 Å². The van der Waals surface area contributed by atoms with Crippen LogP contribution in [-0.2, 0) is 9.57 Å². The highest BCUT2D eigenvalue weighted by Crippen LogP contribution is 2.69. The molecule has 1 heterocycles. The van der Waals surface area contributed by atoms with Crippen LogP contribution in [0.5, 0.6) is 0 Å². The number of oxime groups is 1. The van der Waals surface area contributed by atoms with Crippen LogP contribution in [0, 0.1) is 34.5 Å². The van der Waals surface area contributed by atoms with E-state index >= 15 is 0 Å². The molecular formula is C33H57N3O3. The molecule has 9 atom stereocenters. The lowest BCUT2D eigenvalue weighted by Gasteiger charge is -2.63. The smallest absolute Gasteiger partial charge is 0.129 e. The molecule has 6 nitrogen and oxygen atoms in total. The van der Waals surface area contributed by atoms with E-state index in [1.807, 2.05) is 20.2 Å². The van der Waals surface area contributed by atoms with Gasteiger partial charge in [-0.2, -0.15) is 0 Å². The number of hydrogen-bond donors (Lipinski definition) is 1. The molecule has 4 aliphatic carbocycles. The highest BCUT2D eigenvalue weighted by molar-refractivity contribution is 5.70. The lowest BCUT2D eigenvalue weighted by Crippen LogP contribution is -2.62. The van der Waals surface area contributed by atoms with Gasteiger partial charge in [-0.25, -0.2) is 0 Å². The van der Waals surface area contributed by atoms with E-state index in [0.29, 0.717) is 41.9 Å². The summed E-state index contributed by atoms with van der Waals surface area (Å²) in [6.07, 6.45) is 19.8. The maximum Gasteiger partial charge on any atom is 0.129 e. The summed E-state index contributed by atoms with van der Waals surface area (Å²) in [5.74, 6) is 2.23. The summed E-state index contributed by atoms with van der Waals surface area (Å²) in [7, 11) is 4.07. The van der Waals surface area contributed by atoms with Crippen LogP contribution < -0.4 is 0 Å². The Balaban J connectivity index is 1.17. The number of nitrogens with zero attached hydrogens (tertiary/aromatic N) is 3. The SMILES string of the molecule is CC(CO[C@H]1CC[C@@]2(C)[C@H](CC[C@@H]3[C@@H]2CC[C@]2(C)[C@@H](/C=C/C=N/OCCN(C)C)CC[C@]32O)C1)N1CCCC1. The highest BCUT2D eigenvalue weighted by atomic mass is 16.6. The molecule has 0 spiro atoms. The molecule has 0 bridgehead atoms. The topological polar surface area (TPSA) is 57.5 Å². The minimum absolute atomic E-state index is 0.0422.